The molecule has 0 radical (unpaired) electrons. The van der Waals surface area contributed by atoms with E-state index < -0.39 is 5.91 Å². The quantitative estimate of drug-likeness (QED) is 0.563. The van der Waals surface area contributed by atoms with Gasteiger partial charge in [0, 0.05) is 5.56 Å². The number of hydrogen-bond acceptors (Lipinski definition) is 8. The van der Waals surface area contributed by atoms with Crippen LogP contribution >= 0.6 is 0 Å². The Labute approximate surface area is 139 Å². The van der Waals surface area contributed by atoms with Gasteiger partial charge in [-0.1, -0.05) is 28.6 Å². The third-order valence-electron chi connectivity index (χ3n) is 3.49. The summed E-state index contributed by atoms with van der Waals surface area (Å²) < 4.78 is 16.2. The molecule has 0 atom stereocenters. The Morgan fingerprint density at radius 2 is 2.04 bits per heavy atom. The van der Waals surface area contributed by atoms with Crippen LogP contribution in [0.15, 0.2) is 36.7 Å². The highest BCUT2D eigenvalue weighted by Gasteiger charge is 2.21. The Morgan fingerprint density at radius 3 is 2.80 bits per heavy atom. The van der Waals surface area contributed by atoms with Crippen molar-refractivity contribution in [3.8, 4) is 0 Å². The minimum absolute atomic E-state index is 0.0622. The predicted molar refractivity (Wildman–Crippen MR) is 82.8 cm³/mol. The van der Waals surface area contributed by atoms with Gasteiger partial charge in [-0.25, -0.2) is 14.1 Å². The summed E-state index contributed by atoms with van der Waals surface area (Å²) in [6.45, 7) is 0.0799. The maximum Gasteiger partial charge on any atom is 0.300 e. The molecule has 0 unspecified atom stereocenters. The number of fused-ring (bicyclic) bond motifs is 1. The average molecular weight is 339 g/mol. The summed E-state index contributed by atoms with van der Waals surface area (Å²) in [5.74, 6) is -1.09. The van der Waals surface area contributed by atoms with Gasteiger partial charge in [-0.3, -0.25) is 4.79 Å². The number of hydrogen-bond donors (Lipinski definition) is 1. The van der Waals surface area contributed by atoms with E-state index >= 15 is 0 Å². The predicted octanol–water partition coefficient (Wildman–Crippen LogP) is 0.271. The molecule has 0 aliphatic heterocycles. The number of carbonyl (C=O) groups is 1. The van der Waals surface area contributed by atoms with E-state index in [1.165, 1.54) is 23.1 Å². The highest BCUT2D eigenvalue weighted by atomic mass is 19.1. The van der Waals surface area contributed by atoms with E-state index in [1.54, 1.807) is 18.2 Å². The SMILES string of the molecule is Nc1nc(C(=O)n2ccnn2)c2nnn(Cc3ccccc3F)c2n1. The van der Waals surface area contributed by atoms with Crippen molar-refractivity contribution in [2.75, 3.05) is 5.73 Å². The molecule has 11 heteroatoms. The van der Waals surface area contributed by atoms with Crippen molar-refractivity contribution in [2.24, 2.45) is 0 Å². The van der Waals surface area contributed by atoms with E-state index in [0.717, 1.165) is 4.68 Å². The summed E-state index contributed by atoms with van der Waals surface area (Å²) in [6.07, 6.45) is 2.73. The number of nitrogens with two attached hydrogens (primary N) is 1. The number of nitrogen functional groups attached to an aromatic ring is 1. The second-order valence-corrected chi connectivity index (χ2v) is 5.09. The third-order valence-corrected chi connectivity index (χ3v) is 3.49. The molecule has 4 aromatic rings. The smallest absolute Gasteiger partial charge is 0.300 e. The summed E-state index contributed by atoms with van der Waals surface area (Å²) in [6, 6.07) is 6.26. The first-order chi connectivity index (χ1) is 12.1. The highest BCUT2D eigenvalue weighted by Crippen LogP contribution is 2.17. The molecule has 0 amide bonds. The van der Waals surface area contributed by atoms with Crippen LogP contribution in [0, 0.1) is 5.82 Å². The maximum absolute atomic E-state index is 13.9. The third kappa shape index (κ3) is 2.56. The zero-order chi connectivity index (χ0) is 17.4. The van der Waals surface area contributed by atoms with Crippen LogP contribution in [0.1, 0.15) is 16.1 Å². The van der Waals surface area contributed by atoms with Gasteiger partial charge in [-0.2, -0.15) is 9.67 Å². The summed E-state index contributed by atoms with van der Waals surface area (Å²) in [7, 11) is 0. The minimum Gasteiger partial charge on any atom is -0.368 e. The molecular formula is C14H10FN9O. The fraction of sp³-hybridized carbons (Fsp3) is 0.0714. The molecule has 0 fully saturated rings. The van der Waals surface area contributed by atoms with E-state index in [-0.39, 0.29) is 35.2 Å². The van der Waals surface area contributed by atoms with Crippen LogP contribution in [-0.2, 0) is 6.54 Å². The van der Waals surface area contributed by atoms with Crippen LogP contribution in [0.4, 0.5) is 10.3 Å². The van der Waals surface area contributed by atoms with Crippen molar-refractivity contribution < 1.29 is 9.18 Å². The zero-order valence-corrected chi connectivity index (χ0v) is 12.6. The van der Waals surface area contributed by atoms with Crippen molar-refractivity contribution in [3.63, 3.8) is 0 Å². The molecule has 0 spiro atoms. The molecule has 124 valence electrons. The lowest BCUT2D eigenvalue weighted by Crippen LogP contribution is -2.17. The molecule has 10 nitrogen and oxygen atoms in total. The van der Waals surface area contributed by atoms with Crippen molar-refractivity contribution in [2.45, 2.75) is 6.54 Å². The Balaban J connectivity index is 1.82. The van der Waals surface area contributed by atoms with Gasteiger partial charge in [0.25, 0.3) is 0 Å². The van der Waals surface area contributed by atoms with Crippen molar-refractivity contribution in [1.29, 1.82) is 0 Å². The molecule has 4 rings (SSSR count). The average Bonchev–Trinajstić information content (AvgIpc) is 3.26. The van der Waals surface area contributed by atoms with E-state index in [0.29, 0.717) is 5.56 Å². The van der Waals surface area contributed by atoms with E-state index in [4.69, 9.17) is 5.73 Å². The molecule has 0 saturated carbocycles. The summed E-state index contributed by atoms with van der Waals surface area (Å²) in [4.78, 5) is 20.5. The lowest BCUT2D eigenvalue weighted by atomic mass is 10.2. The van der Waals surface area contributed by atoms with Crippen LogP contribution < -0.4 is 5.73 Å². The normalized spacial score (nSPS) is 11.1. The topological polar surface area (TPSA) is 130 Å². The summed E-state index contributed by atoms with van der Waals surface area (Å²) in [5, 5.41) is 15.1. The fourth-order valence-corrected chi connectivity index (χ4v) is 2.34. The van der Waals surface area contributed by atoms with Crippen LogP contribution in [0.5, 0.6) is 0 Å². The molecule has 1 aromatic carbocycles. The Hall–Kier alpha value is -3.76. The first kappa shape index (κ1) is 14.8. The number of carbonyl (C=O) groups excluding carboxylic acids is 1. The number of nitrogens with zero attached hydrogens (tertiary/aromatic N) is 8. The van der Waals surface area contributed by atoms with Gasteiger partial charge < -0.3 is 5.73 Å². The molecule has 2 N–H and O–H groups in total. The fourth-order valence-electron chi connectivity index (χ4n) is 2.34. The van der Waals surface area contributed by atoms with E-state index in [2.05, 4.69) is 30.6 Å². The molecule has 0 saturated heterocycles. The Morgan fingerprint density at radius 1 is 1.20 bits per heavy atom. The summed E-state index contributed by atoms with van der Waals surface area (Å²) >= 11 is 0. The van der Waals surface area contributed by atoms with E-state index in [1.807, 2.05) is 0 Å². The van der Waals surface area contributed by atoms with Crippen LogP contribution in [0.2, 0.25) is 0 Å². The largest absolute Gasteiger partial charge is 0.368 e. The van der Waals surface area contributed by atoms with Crippen molar-refractivity contribution in [3.05, 3.63) is 53.7 Å². The first-order valence-corrected chi connectivity index (χ1v) is 7.14. The van der Waals surface area contributed by atoms with Gasteiger partial charge in [-0.05, 0) is 6.07 Å². The molecule has 25 heavy (non-hydrogen) atoms. The van der Waals surface area contributed by atoms with Gasteiger partial charge in [-0.15, -0.1) is 10.2 Å². The van der Waals surface area contributed by atoms with Gasteiger partial charge in [0.1, 0.15) is 5.82 Å². The van der Waals surface area contributed by atoms with Gasteiger partial charge >= 0.3 is 5.91 Å². The lowest BCUT2D eigenvalue weighted by molar-refractivity contribution is 0.0939. The van der Waals surface area contributed by atoms with Gasteiger partial charge in [0.15, 0.2) is 16.9 Å². The monoisotopic (exact) mass is 339 g/mol. The standard InChI is InChI=1S/C14H10FN9O/c15-9-4-2-1-3-8(9)7-24-12-10(20-22-24)11(18-14(16)19-12)13(25)23-6-5-17-21-23/h1-6H,7H2,(H2,16,18,19). The Bertz CT molecular complexity index is 1070. The van der Waals surface area contributed by atoms with Crippen molar-refractivity contribution >= 4 is 23.0 Å². The number of halogens is 1. The number of aromatic nitrogens is 8. The second kappa shape index (κ2) is 5.70. The second-order valence-electron chi connectivity index (χ2n) is 5.09. The molecule has 0 aliphatic rings. The highest BCUT2D eigenvalue weighted by molar-refractivity contribution is 6.03. The summed E-state index contributed by atoms with van der Waals surface area (Å²) in [5.41, 5.74) is 6.41. The zero-order valence-electron chi connectivity index (χ0n) is 12.6. The molecule has 3 aromatic heterocycles. The van der Waals surface area contributed by atoms with Gasteiger partial charge in [0.05, 0.1) is 18.9 Å². The molecule has 0 aliphatic carbocycles. The van der Waals surface area contributed by atoms with Crippen LogP contribution in [0.25, 0.3) is 11.2 Å². The maximum atomic E-state index is 13.9. The van der Waals surface area contributed by atoms with Gasteiger partial charge in [0.2, 0.25) is 5.95 Å². The number of anilines is 1. The minimum atomic E-state index is -0.574. The van der Waals surface area contributed by atoms with Crippen LogP contribution in [0.3, 0.4) is 0 Å². The van der Waals surface area contributed by atoms with Crippen molar-refractivity contribution in [1.82, 2.24) is 40.0 Å². The number of rotatable bonds is 3. The Kier molecular flexibility index (Phi) is 3.38. The number of benzene rings is 1. The van der Waals surface area contributed by atoms with Crippen LogP contribution in [-0.4, -0.2) is 45.9 Å². The molecular weight excluding hydrogens is 329 g/mol. The lowest BCUT2D eigenvalue weighted by Gasteiger charge is -2.05. The van der Waals surface area contributed by atoms with E-state index in [9.17, 15) is 9.18 Å². The molecule has 0 bridgehead atoms. The first-order valence-electron chi connectivity index (χ1n) is 7.14. The molecule has 3 heterocycles.